The minimum atomic E-state index is 0.122. The highest BCUT2D eigenvalue weighted by Crippen LogP contribution is 2.35. The molecule has 1 N–H and O–H groups in total. The molecule has 122 valence electrons. The van der Waals surface area contributed by atoms with Crippen LogP contribution >= 0.6 is 11.3 Å². The maximum absolute atomic E-state index is 12.3. The van der Waals surface area contributed by atoms with Gasteiger partial charge in [0.15, 0.2) is 0 Å². The van der Waals surface area contributed by atoms with Gasteiger partial charge in [-0.05, 0) is 37.8 Å². The molecule has 2 aromatic rings. The molecule has 0 spiro atoms. The minimum Gasteiger partial charge on any atom is -0.488 e. The molecule has 0 bridgehead atoms. The monoisotopic (exact) mass is 330 g/mol. The van der Waals surface area contributed by atoms with Crippen molar-refractivity contribution in [3.8, 4) is 5.75 Å². The molecule has 4 nitrogen and oxygen atoms in total. The second kappa shape index (κ2) is 6.48. The molecule has 1 aromatic carbocycles. The molecule has 0 atom stereocenters. The van der Waals surface area contributed by atoms with Gasteiger partial charge >= 0.3 is 0 Å². The molecule has 0 aliphatic heterocycles. The van der Waals surface area contributed by atoms with E-state index in [1.807, 2.05) is 17.6 Å². The Morgan fingerprint density at radius 1 is 1.22 bits per heavy atom. The molecule has 1 aromatic heterocycles. The standard InChI is InChI=1S/C18H22N2O2S/c21-18(20-13-5-2-1-3-6-13)12-9-14(10-12)22-15-7-4-8-16-17(15)19-11-23-16/h4,7-8,11-14H,1-3,5-6,9-10H2,(H,20,21)/t12-,14-. The number of para-hydroxylation sites is 1. The van der Waals surface area contributed by atoms with E-state index >= 15 is 0 Å². The fourth-order valence-corrected chi connectivity index (χ4v) is 4.27. The Morgan fingerprint density at radius 3 is 2.87 bits per heavy atom. The molecule has 5 heteroatoms. The van der Waals surface area contributed by atoms with Crippen molar-refractivity contribution < 1.29 is 9.53 Å². The van der Waals surface area contributed by atoms with Crippen molar-refractivity contribution in [3.63, 3.8) is 0 Å². The van der Waals surface area contributed by atoms with Crippen molar-refractivity contribution in [2.75, 3.05) is 0 Å². The summed E-state index contributed by atoms with van der Waals surface area (Å²) in [6.07, 6.45) is 7.88. The van der Waals surface area contributed by atoms with Gasteiger partial charge in [-0.15, -0.1) is 11.3 Å². The largest absolute Gasteiger partial charge is 0.488 e. The lowest BCUT2D eigenvalue weighted by Gasteiger charge is -2.35. The van der Waals surface area contributed by atoms with Gasteiger partial charge in [0.1, 0.15) is 17.4 Å². The van der Waals surface area contributed by atoms with E-state index in [1.165, 1.54) is 19.3 Å². The van der Waals surface area contributed by atoms with E-state index in [9.17, 15) is 4.79 Å². The van der Waals surface area contributed by atoms with Crippen LogP contribution in [0.3, 0.4) is 0 Å². The first-order valence-corrected chi connectivity index (χ1v) is 9.47. The highest BCUT2D eigenvalue weighted by Gasteiger charge is 2.37. The first kappa shape index (κ1) is 14.9. The lowest BCUT2D eigenvalue weighted by molar-refractivity contribution is -0.131. The third-order valence-electron chi connectivity index (χ3n) is 5.03. The molecule has 0 radical (unpaired) electrons. The third-order valence-corrected chi connectivity index (χ3v) is 5.83. The topological polar surface area (TPSA) is 51.2 Å². The van der Waals surface area contributed by atoms with Crippen LogP contribution in [-0.2, 0) is 4.79 Å². The van der Waals surface area contributed by atoms with Gasteiger partial charge in [-0.25, -0.2) is 4.98 Å². The molecule has 1 heterocycles. The normalized spacial score (nSPS) is 25.0. The Kier molecular flexibility index (Phi) is 4.21. The van der Waals surface area contributed by atoms with Gasteiger partial charge in [0.2, 0.25) is 5.91 Å². The van der Waals surface area contributed by atoms with Crippen LogP contribution in [0.15, 0.2) is 23.7 Å². The van der Waals surface area contributed by atoms with E-state index in [0.29, 0.717) is 6.04 Å². The Morgan fingerprint density at radius 2 is 2.04 bits per heavy atom. The van der Waals surface area contributed by atoms with Crippen LogP contribution in [0.4, 0.5) is 0 Å². The molecule has 23 heavy (non-hydrogen) atoms. The number of hydrogen-bond donors (Lipinski definition) is 1. The van der Waals surface area contributed by atoms with Crippen molar-refractivity contribution in [1.29, 1.82) is 0 Å². The van der Waals surface area contributed by atoms with Crippen LogP contribution in [0.5, 0.6) is 5.75 Å². The highest BCUT2D eigenvalue weighted by atomic mass is 32.1. The summed E-state index contributed by atoms with van der Waals surface area (Å²) in [7, 11) is 0. The predicted octanol–water partition coefficient (Wildman–Crippen LogP) is 3.90. The zero-order chi connectivity index (χ0) is 15.6. The van der Waals surface area contributed by atoms with Crippen LogP contribution in [0, 0.1) is 5.92 Å². The Hall–Kier alpha value is -1.62. The quantitative estimate of drug-likeness (QED) is 0.925. The predicted molar refractivity (Wildman–Crippen MR) is 91.8 cm³/mol. The molecule has 2 aliphatic carbocycles. The van der Waals surface area contributed by atoms with Gasteiger partial charge in [-0.1, -0.05) is 25.3 Å². The van der Waals surface area contributed by atoms with Crippen molar-refractivity contribution in [2.24, 2.45) is 5.92 Å². The average Bonchev–Trinajstić information content (AvgIpc) is 3.00. The molecule has 0 saturated heterocycles. The zero-order valence-electron chi connectivity index (χ0n) is 13.2. The maximum atomic E-state index is 12.3. The summed E-state index contributed by atoms with van der Waals surface area (Å²) >= 11 is 1.62. The number of hydrogen-bond acceptors (Lipinski definition) is 4. The SMILES string of the molecule is O=C(NC1CCCCC1)[C@H]1C[C@H](Oc2cccc3scnc23)C1. The van der Waals surface area contributed by atoms with E-state index in [0.717, 1.165) is 41.6 Å². The van der Waals surface area contributed by atoms with Gasteiger partial charge < -0.3 is 10.1 Å². The number of carbonyl (C=O) groups is 1. The lowest BCUT2D eigenvalue weighted by atomic mass is 9.81. The molecule has 0 unspecified atom stereocenters. The molecular formula is C18H22N2O2S. The third kappa shape index (κ3) is 3.20. The molecule has 4 rings (SSSR count). The van der Waals surface area contributed by atoms with E-state index in [2.05, 4.69) is 16.4 Å². The van der Waals surface area contributed by atoms with E-state index in [1.54, 1.807) is 11.3 Å². The number of carbonyl (C=O) groups excluding carboxylic acids is 1. The number of amides is 1. The summed E-state index contributed by atoms with van der Waals surface area (Å²) in [5.74, 6) is 1.19. The number of aromatic nitrogens is 1. The van der Waals surface area contributed by atoms with Crippen LogP contribution in [-0.4, -0.2) is 23.0 Å². The second-order valence-electron chi connectivity index (χ2n) is 6.71. The summed E-state index contributed by atoms with van der Waals surface area (Å²) < 4.78 is 7.20. The number of thiazole rings is 1. The first-order valence-electron chi connectivity index (χ1n) is 8.59. The number of fused-ring (bicyclic) bond motifs is 1. The fourth-order valence-electron chi connectivity index (χ4n) is 3.58. The van der Waals surface area contributed by atoms with E-state index < -0.39 is 0 Å². The lowest BCUT2D eigenvalue weighted by Crippen LogP contribution is -2.47. The molecule has 2 saturated carbocycles. The summed E-state index contributed by atoms with van der Waals surface area (Å²) in [6, 6.07) is 6.43. The molecular weight excluding hydrogens is 308 g/mol. The number of ether oxygens (including phenoxy) is 1. The van der Waals surface area contributed by atoms with Gasteiger partial charge in [0.25, 0.3) is 0 Å². The van der Waals surface area contributed by atoms with Gasteiger partial charge in [0, 0.05) is 12.0 Å². The van der Waals surface area contributed by atoms with E-state index in [4.69, 9.17) is 4.74 Å². The van der Waals surface area contributed by atoms with Gasteiger partial charge in [-0.2, -0.15) is 0 Å². The molecule has 2 fully saturated rings. The summed E-state index contributed by atoms with van der Waals surface area (Å²) in [5.41, 5.74) is 2.78. The summed E-state index contributed by atoms with van der Waals surface area (Å²) in [6.45, 7) is 0. The van der Waals surface area contributed by atoms with E-state index in [-0.39, 0.29) is 17.9 Å². The number of nitrogens with one attached hydrogen (secondary N) is 1. The summed E-state index contributed by atoms with van der Waals surface area (Å²) in [4.78, 5) is 16.7. The number of nitrogens with zero attached hydrogens (tertiary/aromatic N) is 1. The van der Waals surface area contributed by atoms with Crippen molar-refractivity contribution >= 4 is 27.5 Å². The number of benzene rings is 1. The maximum Gasteiger partial charge on any atom is 0.223 e. The van der Waals surface area contributed by atoms with Crippen molar-refractivity contribution in [2.45, 2.75) is 57.1 Å². The van der Waals surface area contributed by atoms with Crippen LogP contribution in [0.25, 0.3) is 10.2 Å². The van der Waals surface area contributed by atoms with Crippen molar-refractivity contribution in [1.82, 2.24) is 10.3 Å². The van der Waals surface area contributed by atoms with Crippen LogP contribution in [0.1, 0.15) is 44.9 Å². The second-order valence-corrected chi connectivity index (χ2v) is 7.59. The average molecular weight is 330 g/mol. The Bertz CT molecular complexity index is 687. The van der Waals surface area contributed by atoms with Crippen LogP contribution < -0.4 is 10.1 Å². The smallest absolute Gasteiger partial charge is 0.223 e. The summed E-state index contributed by atoms with van der Waals surface area (Å²) in [5, 5.41) is 3.23. The van der Waals surface area contributed by atoms with Gasteiger partial charge in [0.05, 0.1) is 10.2 Å². The van der Waals surface area contributed by atoms with Crippen LogP contribution in [0.2, 0.25) is 0 Å². The highest BCUT2D eigenvalue weighted by molar-refractivity contribution is 7.16. The molecule has 1 amide bonds. The fraction of sp³-hybridized carbons (Fsp3) is 0.556. The minimum absolute atomic E-state index is 0.122. The first-order chi connectivity index (χ1) is 11.3. The van der Waals surface area contributed by atoms with Crippen molar-refractivity contribution in [3.05, 3.63) is 23.7 Å². The zero-order valence-corrected chi connectivity index (χ0v) is 14.0. The Balaban J connectivity index is 1.29. The number of rotatable bonds is 4. The molecule has 2 aliphatic rings. The Labute approximate surface area is 140 Å². The van der Waals surface area contributed by atoms with Gasteiger partial charge in [-0.3, -0.25) is 4.79 Å².